The third kappa shape index (κ3) is 2.95. The van der Waals surface area contributed by atoms with Crippen molar-refractivity contribution < 1.29 is 9.53 Å². The summed E-state index contributed by atoms with van der Waals surface area (Å²) in [5.41, 5.74) is 0.844. The molecule has 0 heterocycles. The van der Waals surface area contributed by atoms with Crippen molar-refractivity contribution in [2.24, 2.45) is 17.3 Å². The summed E-state index contributed by atoms with van der Waals surface area (Å²) < 4.78 is 4.78. The lowest BCUT2D eigenvalue weighted by atomic mass is 9.68. The predicted octanol–water partition coefficient (Wildman–Crippen LogP) is 3.20. The van der Waals surface area contributed by atoms with Crippen LogP contribution in [0.1, 0.15) is 27.7 Å². The third-order valence-corrected chi connectivity index (χ3v) is 3.35. The Bertz CT molecular complexity index is 264. The van der Waals surface area contributed by atoms with Crippen LogP contribution < -0.4 is 0 Å². The number of esters is 1. The van der Waals surface area contributed by atoms with E-state index in [1.54, 1.807) is 6.08 Å². The highest BCUT2D eigenvalue weighted by molar-refractivity contribution is 5.75. The summed E-state index contributed by atoms with van der Waals surface area (Å²) >= 11 is 0. The molecule has 86 valence electrons. The fourth-order valence-corrected chi connectivity index (χ4v) is 1.74. The van der Waals surface area contributed by atoms with E-state index in [2.05, 4.69) is 20.1 Å². The van der Waals surface area contributed by atoms with Crippen LogP contribution in [0.5, 0.6) is 0 Å². The Balaban J connectivity index is 5.04. The van der Waals surface area contributed by atoms with Crippen molar-refractivity contribution in [2.45, 2.75) is 27.7 Å². The molecule has 0 saturated heterocycles. The first kappa shape index (κ1) is 13.9. The van der Waals surface area contributed by atoms with E-state index in [-0.39, 0.29) is 23.2 Å². The minimum Gasteiger partial charge on any atom is -0.469 e. The Morgan fingerprint density at radius 1 is 1.47 bits per heavy atom. The predicted molar refractivity (Wildman–Crippen MR) is 63.5 cm³/mol. The first-order chi connectivity index (χ1) is 6.78. The average molecular weight is 210 g/mol. The van der Waals surface area contributed by atoms with Gasteiger partial charge in [0.15, 0.2) is 0 Å². The summed E-state index contributed by atoms with van der Waals surface area (Å²) in [6, 6.07) is 0. The molecule has 0 spiro atoms. The van der Waals surface area contributed by atoms with E-state index in [4.69, 9.17) is 4.74 Å². The van der Waals surface area contributed by atoms with E-state index in [1.807, 2.05) is 20.8 Å². The number of hydrogen-bond acceptors (Lipinski definition) is 2. The average Bonchev–Trinajstić information content (AvgIpc) is 2.16. The molecule has 2 atom stereocenters. The van der Waals surface area contributed by atoms with Crippen molar-refractivity contribution in [2.75, 3.05) is 7.11 Å². The van der Waals surface area contributed by atoms with Crippen molar-refractivity contribution in [3.05, 3.63) is 24.8 Å². The molecule has 0 saturated carbocycles. The molecule has 2 heteroatoms. The van der Waals surface area contributed by atoms with Crippen LogP contribution in [0.4, 0.5) is 0 Å². The van der Waals surface area contributed by atoms with Gasteiger partial charge in [0.05, 0.1) is 13.0 Å². The van der Waals surface area contributed by atoms with Crippen LogP contribution in [0.25, 0.3) is 0 Å². The molecule has 0 aliphatic rings. The highest BCUT2D eigenvalue weighted by Crippen LogP contribution is 2.39. The molecule has 0 aromatic rings. The summed E-state index contributed by atoms with van der Waals surface area (Å²) in [7, 11) is 1.40. The van der Waals surface area contributed by atoms with Gasteiger partial charge in [0.1, 0.15) is 0 Å². The maximum Gasteiger partial charge on any atom is 0.313 e. The number of methoxy groups -OCH3 is 1. The van der Waals surface area contributed by atoms with Gasteiger partial charge in [-0.3, -0.25) is 4.79 Å². The van der Waals surface area contributed by atoms with E-state index in [1.165, 1.54) is 7.11 Å². The number of rotatable bonds is 5. The highest BCUT2D eigenvalue weighted by Gasteiger charge is 2.38. The fourth-order valence-electron chi connectivity index (χ4n) is 1.74. The lowest BCUT2D eigenvalue weighted by molar-refractivity contribution is -0.148. The zero-order valence-corrected chi connectivity index (χ0v) is 10.5. The number of ether oxygens (including phenoxy) is 1. The van der Waals surface area contributed by atoms with Crippen molar-refractivity contribution in [3.63, 3.8) is 0 Å². The van der Waals surface area contributed by atoms with E-state index >= 15 is 0 Å². The normalized spacial score (nSPS) is 15.3. The van der Waals surface area contributed by atoms with E-state index in [0.29, 0.717) is 0 Å². The Hall–Kier alpha value is -1.05. The maximum atomic E-state index is 11.6. The molecule has 0 aliphatic heterocycles. The van der Waals surface area contributed by atoms with Gasteiger partial charge in [0, 0.05) is 0 Å². The summed E-state index contributed by atoms with van der Waals surface area (Å²) in [4.78, 5) is 11.6. The van der Waals surface area contributed by atoms with Crippen LogP contribution in [0.2, 0.25) is 0 Å². The molecule has 0 aromatic carbocycles. The minimum absolute atomic E-state index is 0.222. The fraction of sp³-hybridized carbons (Fsp3) is 0.615. The molecule has 2 nitrogen and oxygen atoms in total. The first-order valence-corrected chi connectivity index (χ1v) is 5.14. The third-order valence-electron chi connectivity index (χ3n) is 3.35. The summed E-state index contributed by atoms with van der Waals surface area (Å²) in [6.45, 7) is 15.8. The van der Waals surface area contributed by atoms with E-state index in [0.717, 1.165) is 5.57 Å². The summed E-state index contributed by atoms with van der Waals surface area (Å²) in [5, 5.41) is 0. The van der Waals surface area contributed by atoms with Crippen molar-refractivity contribution in [3.8, 4) is 0 Å². The smallest absolute Gasteiger partial charge is 0.313 e. The maximum absolute atomic E-state index is 11.6. The van der Waals surface area contributed by atoms with Crippen molar-refractivity contribution in [1.82, 2.24) is 0 Å². The molecule has 2 unspecified atom stereocenters. The number of allylic oxidation sites excluding steroid dienone is 1. The SMILES string of the molecule is C=CC(C(=O)OC)C(C)(C)C(C)C(=C)C. The van der Waals surface area contributed by atoms with Gasteiger partial charge < -0.3 is 4.74 Å². The van der Waals surface area contributed by atoms with Gasteiger partial charge in [0.2, 0.25) is 0 Å². The Morgan fingerprint density at radius 2 is 1.93 bits per heavy atom. The number of hydrogen-bond donors (Lipinski definition) is 0. The van der Waals surface area contributed by atoms with Crippen LogP contribution in [-0.2, 0) is 9.53 Å². The van der Waals surface area contributed by atoms with Crippen LogP contribution in [-0.4, -0.2) is 13.1 Å². The quantitative estimate of drug-likeness (QED) is 0.514. The van der Waals surface area contributed by atoms with Crippen molar-refractivity contribution >= 4 is 5.97 Å². The second kappa shape index (κ2) is 5.15. The lowest BCUT2D eigenvalue weighted by Gasteiger charge is -2.36. The molecular weight excluding hydrogens is 188 g/mol. The largest absolute Gasteiger partial charge is 0.469 e. The molecule has 0 aromatic heterocycles. The topological polar surface area (TPSA) is 26.3 Å². The number of carbonyl (C=O) groups excluding carboxylic acids is 1. The Labute approximate surface area is 93.0 Å². The van der Waals surface area contributed by atoms with E-state index < -0.39 is 0 Å². The van der Waals surface area contributed by atoms with Gasteiger partial charge in [0.25, 0.3) is 0 Å². The lowest BCUT2D eigenvalue weighted by Crippen LogP contribution is -2.36. The minimum atomic E-state index is -0.297. The second-order valence-corrected chi connectivity index (χ2v) is 4.63. The van der Waals surface area contributed by atoms with Crippen molar-refractivity contribution in [1.29, 1.82) is 0 Å². The van der Waals surface area contributed by atoms with Crippen LogP contribution in [0, 0.1) is 17.3 Å². The molecule has 0 N–H and O–H groups in total. The van der Waals surface area contributed by atoms with Gasteiger partial charge in [-0.2, -0.15) is 0 Å². The van der Waals surface area contributed by atoms with Gasteiger partial charge in [-0.25, -0.2) is 0 Å². The summed E-state index contributed by atoms with van der Waals surface area (Å²) in [5.74, 6) is -0.295. The summed E-state index contributed by atoms with van der Waals surface area (Å²) in [6.07, 6.45) is 1.66. The molecule has 0 bridgehead atoms. The Morgan fingerprint density at radius 3 is 2.20 bits per heavy atom. The molecular formula is C13H22O2. The molecule has 0 aliphatic carbocycles. The standard InChI is InChI=1S/C13H22O2/c1-8-11(12(14)15-7)13(5,6)10(4)9(2)3/h8,10-11H,1-2H2,3-7H3. The van der Waals surface area contributed by atoms with Gasteiger partial charge >= 0.3 is 5.97 Å². The highest BCUT2D eigenvalue weighted by atomic mass is 16.5. The van der Waals surface area contributed by atoms with Crippen LogP contribution >= 0.6 is 0 Å². The molecule has 15 heavy (non-hydrogen) atoms. The van der Waals surface area contributed by atoms with Gasteiger partial charge in [-0.1, -0.05) is 39.0 Å². The van der Waals surface area contributed by atoms with Crippen LogP contribution in [0.15, 0.2) is 24.8 Å². The molecule has 0 amide bonds. The Kier molecular flexibility index (Phi) is 4.79. The number of carbonyl (C=O) groups is 1. The first-order valence-electron chi connectivity index (χ1n) is 5.14. The zero-order chi connectivity index (χ0) is 12.2. The van der Waals surface area contributed by atoms with Crippen LogP contribution in [0.3, 0.4) is 0 Å². The molecule has 0 fully saturated rings. The molecule has 0 rings (SSSR count). The molecule has 0 radical (unpaired) electrons. The zero-order valence-electron chi connectivity index (χ0n) is 10.5. The van der Waals surface area contributed by atoms with Gasteiger partial charge in [-0.15, -0.1) is 6.58 Å². The second-order valence-electron chi connectivity index (χ2n) is 4.63. The van der Waals surface area contributed by atoms with Gasteiger partial charge in [-0.05, 0) is 18.3 Å². The van der Waals surface area contributed by atoms with E-state index in [9.17, 15) is 4.79 Å². The monoisotopic (exact) mass is 210 g/mol.